The molecule has 0 bridgehead atoms. The second-order valence-corrected chi connectivity index (χ2v) is 7.74. The van der Waals surface area contributed by atoms with Crippen LogP contribution < -0.4 is 10.2 Å². The SMILES string of the molecule is CCOC(=O)N1CCN(c2nc(-c3ccccc3Cl)nc3cc(C(=O)NC)ccc23)CC1. The van der Waals surface area contributed by atoms with E-state index in [4.69, 9.17) is 26.3 Å². The first-order chi connectivity index (χ1) is 15.5. The number of halogens is 1. The Morgan fingerprint density at radius 2 is 1.84 bits per heavy atom. The number of amides is 2. The highest BCUT2D eigenvalue weighted by molar-refractivity contribution is 6.33. The second-order valence-electron chi connectivity index (χ2n) is 7.33. The molecule has 0 radical (unpaired) electrons. The number of rotatable bonds is 4. The van der Waals surface area contributed by atoms with Crippen molar-refractivity contribution in [1.82, 2.24) is 20.2 Å². The van der Waals surface area contributed by atoms with Crippen molar-refractivity contribution in [2.75, 3.05) is 44.7 Å². The Kier molecular flexibility index (Phi) is 6.41. The van der Waals surface area contributed by atoms with Crippen LogP contribution in [0, 0.1) is 0 Å². The van der Waals surface area contributed by atoms with Gasteiger partial charge in [0.1, 0.15) is 5.82 Å². The number of carbonyl (C=O) groups is 2. The molecule has 3 aromatic rings. The number of fused-ring (bicyclic) bond motifs is 1. The summed E-state index contributed by atoms with van der Waals surface area (Å²) in [6.45, 7) is 4.41. The lowest BCUT2D eigenvalue weighted by molar-refractivity contribution is 0.0962. The first kappa shape index (κ1) is 21.8. The molecule has 1 saturated heterocycles. The maximum Gasteiger partial charge on any atom is 0.409 e. The zero-order valence-corrected chi connectivity index (χ0v) is 18.7. The summed E-state index contributed by atoms with van der Waals surface area (Å²) in [5, 5.41) is 4.02. The normalized spacial score (nSPS) is 13.8. The van der Waals surface area contributed by atoms with Crippen LogP contribution in [0.15, 0.2) is 42.5 Å². The number of anilines is 1. The third-order valence-electron chi connectivity index (χ3n) is 5.39. The number of nitrogens with zero attached hydrogens (tertiary/aromatic N) is 4. The number of carbonyl (C=O) groups excluding carboxylic acids is 2. The Morgan fingerprint density at radius 3 is 2.53 bits per heavy atom. The molecule has 2 aromatic carbocycles. The lowest BCUT2D eigenvalue weighted by atomic mass is 10.1. The van der Waals surface area contributed by atoms with Crippen LogP contribution in [0.5, 0.6) is 0 Å². The van der Waals surface area contributed by atoms with Gasteiger partial charge in [-0.2, -0.15) is 0 Å². The maximum atomic E-state index is 12.2. The lowest BCUT2D eigenvalue weighted by Crippen LogP contribution is -2.49. The Labute approximate surface area is 191 Å². The summed E-state index contributed by atoms with van der Waals surface area (Å²) in [4.78, 5) is 37.6. The van der Waals surface area contributed by atoms with Crippen LogP contribution in [0.3, 0.4) is 0 Å². The molecule has 0 aliphatic carbocycles. The van der Waals surface area contributed by atoms with E-state index in [-0.39, 0.29) is 12.0 Å². The minimum Gasteiger partial charge on any atom is -0.450 e. The maximum absolute atomic E-state index is 12.2. The molecular formula is C23H24ClN5O3. The van der Waals surface area contributed by atoms with Gasteiger partial charge < -0.3 is 19.9 Å². The molecule has 1 aromatic heterocycles. The van der Waals surface area contributed by atoms with E-state index >= 15 is 0 Å². The number of aromatic nitrogens is 2. The first-order valence-corrected chi connectivity index (χ1v) is 10.8. The number of hydrogen-bond acceptors (Lipinski definition) is 6. The molecule has 2 heterocycles. The summed E-state index contributed by atoms with van der Waals surface area (Å²) < 4.78 is 5.12. The molecule has 0 saturated carbocycles. The van der Waals surface area contributed by atoms with Crippen molar-refractivity contribution in [3.05, 3.63) is 53.1 Å². The van der Waals surface area contributed by atoms with Crippen LogP contribution in [0.25, 0.3) is 22.3 Å². The summed E-state index contributed by atoms with van der Waals surface area (Å²) in [6, 6.07) is 12.8. The van der Waals surface area contributed by atoms with Crippen molar-refractivity contribution in [3.8, 4) is 11.4 Å². The second kappa shape index (κ2) is 9.40. The lowest BCUT2D eigenvalue weighted by Gasteiger charge is -2.35. The van der Waals surface area contributed by atoms with Gasteiger partial charge in [0.2, 0.25) is 0 Å². The van der Waals surface area contributed by atoms with E-state index in [0.717, 1.165) is 11.2 Å². The monoisotopic (exact) mass is 453 g/mol. The Bertz CT molecular complexity index is 1160. The fraction of sp³-hybridized carbons (Fsp3) is 0.304. The molecule has 1 fully saturated rings. The fourth-order valence-corrected chi connectivity index (χ4v) is 3.94. The van der Waals surface area contributed by atoms with Gasteiger partial charge in [-0.3, -0.25) is 4.79 Å². The molecule has 2 amide bonds. The molecule has 166 valence electrons. The summed E-state index contributed by atoms with van der Waals surface area (Å²) >= 11 is 6.42. The largest absolute Gasteiger partial charge is 0.450 e. The molecule has 9 heteroatoms. The molecule has 1 N–H and O–H groups in total. The number of ether oxygens (including phenoxy) is 1. The Hall–Kier alpha value is -3.39. The molecule has 32 heavy (non-hydrogen) atoms. The van der Waals surface area contributed by atoms with Gasteiger partial charge in [0.25, 0.3) is 5.91 Å². The van der Waals surface area contributed by atoms with Gasteiger partial charge in [-0.25, -0.2) is 14.8 Å². The third-order valence-corrected chi connectivity index (χ3v) is 5.72. The molecular weight excluding hydrogens is 430 g/mol. The van der Waals surface area contributed by atoms with Crippen LogP contribution in [0.1, 0.15) is 17.3 Å². The van der Waals surface area contributed by atoms with Gasteiger partial charge in [-0.05, 0) is 37.3 Å². The van der Waals surface area contributed by atoms with E-state index in [2.05, 4.69) is 10.2 Å². The molecule has 0 atom stereocenters. The smallest absolute Gasteiger partial charge is 0.409 e. The highest BCUT2D eigenvalue weighted by Crippen LogP contribution is 2.31. The van der Waals surface area contributed by atoms with Crippen molar-refractivity contribution >= 4 is 40.3 Å². The van der Waals surface area contributed by atoms with Crippen LogP contribution in [0.4, 0.5) is 10.6 Å². The third kappa shape index (κ3) is 4.31. The Morgan fingerprint density at radius 1 is 1.09 bits per heavy atom. The van der Waals surface area contributed by atoms with Gasteiger partial charge in [0, 0.05) is 49.7 Å². The average molecular weight is 454 g/mol. The minimum atomic E-state index is -0.299. The summed E-state index contributed by atoms with van der Waals surface area (Å²) in [7, 11) is 1.59. The van der Waals surface area contributed by atoms with Crippen LogP contribution in [0.2, 0.25) is 5.02 Å². The van der Waals surface area contributed by atoms with Crippen LogP contribution in [-0.2, 0) is 4.74 Å². The summed E-state index contributed by atoms with van der Waals surface area (Å²) in [5.41, 5.74) is 1.88. The zero-order valence-electron chi connectivity index (χ0n) is 18.0. The van der Waals surface area contributed by atoms with E-state index < -0.39 is 0 Å². The first-order valence-electron chi connectivity index (χ1n) is 10.5. The van der Waals surface area contributed by atoms with Crippen molar-refractivity contribution in [3.63, 3.8) is 0 Å². The van der Waals surface area contributed by atoms with Crippen molar-refractivity contribution in [2.24, 2.45) is 0 Å². The molecule has 0 spiro atoms. The van der Waals surface area contributed by atoms with Crippen molar-refractivity contribution in [1.29, 1.82) is 0 Å². The highest BCUT2D eigenvalue weighted by atomic mass is 35.5. The minimum absolute atomic E-state index is 0.186. The van der Waals surface area contributed by atoms with E-state index in [1.165, 1.54) is 0 Å². The average Bonchev–Trinajstić information content (AvgIpc) is 2.83. The highest BCUT2D eigenvalue weighted by Gasteiger charge is 2.25. The number of piperazine rings is 1. The number of benzene rings is 2. The van der Waals surface area contributed by atoms with E-state index in [0.29, 0.717) is 60.3 Å². The van der Waals surface area contributed by atoms with Gasteiger partial charge in [0.05, 0.1) is 17.1 Å². The van der Waals surface area contributed by atoms with Crippen LogP contribution >= 0.6 is 11.6 Å². The van der Waals surface area contributed by atoms with Crippen molar-refractivity contribution < 1.29 is 14.3 Å². The summed E-state index contributed by atoms with van der Waals surface area (Å²) in [5.74, 6) is 1.05. The van der Waals surface area contributed by atoms with E-state index in [9.17, 15) is 9.59 Å². The fourth-order valence-electron chi connectivity index (χ4n) is 3.72. The predicted octanol–water partition coefficient (Wildman–Crippen LogP) is 3.59. The van der Waals surface area contributed by atoms with E-state index in [1.807, 2.05) is 24.3 Å². The molecule has 1 aliphatic rings. The molecule has 4 rings (SSSR count). The van der Waals surface area contributed by atoms with Crippen LogP contribution in [-0.4, -0.2) is 66.7 Å². The molecule has 1 aliphatic heterocycles. The molecule has 0 unspecified atom stereocenters. The van der Waals surface area contributed by atoms with Gasteiger partial charge in [-0.1, -0.05) is 23.7 Å². The van der Waals surface area contributed by atoms with E-state index in [1.54, 1.807) is 37.1 Å². The Balaban J connectivity index is 1.76. The standard InChI is InChI=1S/C23H24ClN5O3/c1-3-32-23(31)29-12-10-28(11-13-29)21-17-9-8-15(22(30)25-2)14-19(17)26-20(27-21)16-6-4-5-7-18(16)24/h4-9,14H,3,10-13H2,1-2H3,(H,25,30). The quantitative estimate of drug-likeness (QED) is 0.649. The topological polar surface area (TPSA) is 87.7 Å². The van der Waals surface area contributed by atoms with Gasteiger partial charge in [-0.15, -0.1) is 0 Å². The van der Waals surface area contributed by atoms with Crippen molar-refractivity contribution in [2.45, 2.75) is 6.92 Å². The number of nitrogens with one attached hydrogen (secondary N) is 1. The van der Waals surface area contributed by atoms with Gasteiger partial charge >= 0.3 is 6.09 Å². The molecule has 8 nitrogen and oxygen atoms in total. The van der Waals surface area contributed by atoms with Gasteiger partial charge in [0.15, 0.2) is 5.82 Å². The summed E-state index contributed by atoms with van der Waals surface area (Å²) in [6.07, 6.45) is -0.299. The zero-order chi connectivity index (χ0) is 22.7. The number of hydrogen-bond donors (Lipinski definition) is 1. The predicted molar refractivity (Wildman–Crippen MR) is 124 cm³/mol.